The lowest BCUT2D eigenvalue weighted by Crippen LogP contribution is -2.15. The molecule has 0 saturated heterocycles. The van der Waals surface area contributed by atoms with E-state index >= 15 is 0 Å². The molecule has 84 valence electrons. The van der Waals surface area contributed by atoms with E-state index in [4.69, 9.17) is 16.3 Å². The molecular formula is C13H19ClO. The summed E-state index contributed by atoms with van der Waals surface area (Å²) in [6, 6.07) is 6.01. The molecule has 0 heterocycles. The van der Waals surface area contributed by atoms with E-state index in [0.717, 1.165) is 5.75 Å². The normalized spacial score (nSPS) is 13.7. The maximum absolute atomic E-state index is 6.10. The van der Waals surface area contributed by atoms with Crippen molar-refractivity contribution in [1.82, 2.24) is 0 Å². The predicted octanol–water partition coefficient (Wildman–Crippen LogP) is 4.50. The number of hydrogen-bond donors (Lipinski definition) is 0. The van der Waals surface area contributed by atoms with Gasteiger partial charge >= 0.3 is 0 Å². The number of benzene rings is 1. The van der Waals surface area contributed by atoms with E-state index in [2.05, 4.69) is 33.8 Å². The van der Waals surface area contributed by atoms with Crippen molar-refractivity contribution >= 4 is 11.6 Å². The third-order valence-electron chi connectivity index (χ3n) is 2.97. The second-order valence-corrected chi connectivity index (χ2v) is 5.39. The van der Waals surface area contributed by atoms with Crippen molar-refractivity contribution in [2.75, 3.05) is 7.11 Å². The van der Waals surface area contributed by atoms with Gasteiger partial charge < -0.3 is 4.74 Å². The molecule has 0 aromatic heterocycles. The van der Waals surface area contributed by atoms with E-state index in [9.17, 15) is 0 Å². The van der Waals surface area contributed by atoms with Gasteiger partial charge in [-0.1, -0.05) is 45.4 Å². The number of rotatable bonds is 2. The van der Waals surface area contributed by atoms with Gasteiger partial charge in [0.2, 0.25) is 0 Å². The van der Waals surface area contributed by atoms with Crippen LogP contribution in [0.25, 0.3) is 0 Å². The van der Waals surface area contributed by atoms with Gasteiger partial charge in [-0.15, -0.1) is 0 Å². The van der Waals surface area contributed by atoms with Gasteiger partial charge in [-0.25, -0.2) is 0 Å². The van der Waals surface area contributed by atoms with E-state index in [-0.39, 0.29) is 5.41 Å². The summed E-state index contributed by atoms with van der Waals surface area (Å²) in [5.74, 6) is 1.21. The average molecular weight is 227 g/mol. The van der Waals surface area contributed by atoms with Crippen LogP contribution in [0.2, 0.25) is 5.02 Å². The fraction of sp³-hybridized carbons (Fsp3) is 0.538. The van der Waals surface area contributed by atoms with Crippen molar-refractivity contribution in [1.29, 1.82) is 0 Å². The second kappa shape index (κ2) is 4.44. The summed E-state index contributed by atoms with van der Waals surface area (Å²) in [6.45, 7) is 8.92. The molecule has 0 saturated carbocycles. The number of halogens is 1. The number of ether oxygens (including phenoxy) is 1. The molecule has 1 rings (SSSR count). The van der Waals surface area contributed by atoms with Gasteiger partial charge in [-0.05, 0) is 29.0 Å². The summed E-state index contributed by atoms with van der Waals surface area (Å²) in [4.78, 5) is 0. The van der Waals surface area contributed by atoms with Crippen LogP contribution in [-0.4, -0.2) is 7.11 Å². The summed E-state index contributed by atoms with van der Waals surface area (Å²) in [7, 11) is 1.63. The Kier molecular flexibility index (Phi) is 3.67. The summed E-state index contributed by atoms with van der Waals surface area (Å²) >= 11 is 6.10. The maximum Gasteiger partial charge on any atom is 0.137 e. The van der Waals surface area contributed by atoms with Crippen LogP contribution in [0.15, 0.2) is 18.2 Å². The molecule has 0 aliphatic rings. The Bertz CT molecular complexity index is 339. The van der Waals surface area contributed by atoms with E-state index < -0.39 is 0 Å². The minimum atomic E-state index is 0.248. The third kappa shape index (κ3) is 2.88. The molecular weight excluding hydrogens is 208 g/mol. The third-order valence-corrected chi connectivity index (χ3v) is 3.27. The van der Waals surface area contributed by atoms with Crippen molar-refractivity contribution in [3.63, 3.8) is 0 Å². The van der Waals surface area contributed by atoms with Crippen molar-refractivity contribution in [3.05, 3.63) is 28.8 Å². The van der Waals surface area contributed by atoms with Crippen molar-refractivity contribution < 1.29 is 4.74 Å². The van der Waals surface area contributed by atoms with Gasteiger partial charge in [0, 0.05) is 0 Å². The predicted molar refractivity (Wildman–Crippen MR) is 65.9 cm³/mol. The van der Waals surface area contributed by atoms with Crippen molar-refractivity contribution in [3.8, 4) is 5.75 Å². The van der Waals surface area contributed by atoms with Gasteiger partial charge in [0.05, 0.1) is 12.1 Å². The van der Waals surface area contributed by atoms with Gasteiger partial charge in [0.25, 0.3) is 0 Å². The molecule has 1 unspecified atom stereocenters. The Balaban J connectivity index is 3.02. The van der Waals surface area contributed by atoms with Crippen LogP contribution < -0.4 is 4.74 Å². The molecule has 0 fully saturated rings. The zero-order valence-electron chi connectivity index (χ0n) is 10.1. The van der Waals surface area contributed by atoms with E-state index in [1.54, 1.807) is 7.11 Å². The average Bonchev–Trinajstić information content (AvgIpc) is 2.15. The van der Waals surface area contributed by atoms with Gasteiger partial charge in [-0.2, -0.15) is 0 Å². The summed E-state index contributed by atoms with van der Waals surface area (Å²) < 4.78 is 5.13. The number of methoxy groups -OCH3 is 1. The Morgan fingerprint density at radius 2 is 1.87 bits per heavy atom. The van der Waals surface area contributed by atoms with E-state index in [1.807, 2.05) is 12.1 Å². The molecule has 0 aliphatic heterocycles. The zero-order chi connectivity index (χ0) is 11.6. The first kappa shape index (κ1) is 12.4. The van der Waals surface area contributed by atoms with Crippen LogP contribution in [0.3, 0.4) is 0 Å². The highest BCUT2D eigenvalue weighted by Gasteiger charge is 2.22. The topological polar surface area (TPSA) is 9.23 Å². The lowest BCUT2D eigenvalue weighted by atomic mass is 9.78. The highest BCUT2D eigenvalue weighted by atomic mass is 35.5. The highest BCUT2D eigenvalue weighted by molar-refractivity contribution is 6.32. The molecule has 1 nitrogen and oxygen atoms in total. The van der Waals surface area contributed by atoms with Gasteiger partial charge in [-0.3, -0.25) is 0 Å². The van der Waals surface area contributed by atoms with Crippen LogP contribution in [0.4, 0.5) is 0 Å². The quantitative estimate of drug-likeness (QED) is 0.722. The maximum atomic E-state index is 6.10. The minimum absolute atomic E-state index is 0.248. The van der Waals surface area contributed by atoms with Crippen LogP contribution in [0.5, 0.6) is 5.75 Å². The summed E-state index contributed by atoms with van der Waals surface area (Å²) in [5.41, 5.74) is 1.51. The molecule has 0 bridgehead atoms. The first-order valence-corrected chi connectivity index (χ1v) is 5.57. The summed E-state index contributed by atoms with van der Waals surface area (Å²) in [6.07, 6.45) is 0. The fourth-order valence-electron chi connectivity index (χ4n) is 1.45. The first-order chi connectivity index (χ1) is 6.86. The Hall–Kier alpha value is -0.690. The van der Waals surface area contributed by atoms with Crippen LogP contribution >= 0.6 is 11.6 Å². The Morgan fingerprint density at radius 1 is 1.27 bits per heavy atom. The van der Waals surface area contributed by atoms with Crippen molar-refractivity contribution in [2.45, 2.75) is 33.6 Å². The van der Waals surface area contributed by atoms with Gasteiger partial charge in [0.1, 0.15) is 5.75 Å². The highest BCUT2D eigenvalue weighted by Crippen LogP contribution is 2.37. The Labute approximate surface area is 97.4 Å². The standard InChI is InChI=1S/C13H19ClO/c1-9(13(2,3)4)10-6-7-12(15-5)11(14)8-10/h6-9H,1-5H3. The SMILES string of the molecule is COc1ccc(C(C)C(C)(C)C)cc1Cl. The molecule has 0 aliphatic carbocycles. The molecule has 1 atom stereocenters. The molecule has 1 aromatic rings. The molecule has 0 radical (unpaired) electrons. The smallest absolute Gasteiger partial charge is 0.137 e. The molecule has 0 spiro atoms. The van der Waals surface area contributed by atoms with Crippen LogP contribution in [0, 0.1) is 5.41 Å². The van der Waals surface area contributed by atoms with E-state index in [0.29, 0.717) is 10.9 Å². The molecule has 2 heteroatoms. The van der Waals surface area contributed by atoms with Gasteiger partial charge in [0.15, 0.2) is 0 Å². The minimum Gasteiger partial charge on any atom is -0.495 e. The lowest BCUT2D eigenvalue weighted by Gasteiger charge is -2.27. The molecule has 0 amide bonds. The molecule has 15 heavy (non-hydrogen) atoms. The largest absolute Gasteiger partial charge is 0.495 e. The lowest BCUT2D eigenvalue weighted by molar-refractivity contribution is 0.339. The van der Waals surface area contributed by atoms with Crippen molar-refractivity contribution in [2.24, 2.45) is 5.41 Å². The van der Waals surface area contributed by atoms with Crippen LogP contribution in [0.1, 0.15) is 39.2 Å². The second-order valence-electron chi connectivity index (χ2n) is 4.98. The Morgan fingerprint density at radius 3 is 2.27 bits per heavy atom. The molecule has 1 aromatic carbocycles. The summed E-state index contributed by atoms with van der Waals surface area (Å²) in [5, 5.41) is 0.686. The first-order valence-electron chi connectivity index (χ1n) is 5.19. The van der Waals surface area contributed by atoms with E-state index in [1.165, 1.54) is 5.56 Å². The zero-order valence-corrected chi connectivity index (χ0v) is 10.9. The fourth-order valence-corrected chi connectivity index (χ4v) is 1.72. The van der Waals surface area contributed by atoms with Crippen LogP contribution in [-0.2, 0) is 0 Å². The molecule has 0 N–H and O–H groups in total. The monoisotopic (exact) mass is 226 g/mol. The number of hydrogen-bond acceptors (Lipinski definition) is 1.